The van der Waals surface area contributed by atoms with Crippen molar-refractivity contribution in [3.8, 4) is 5.75 Å². The summed E-state index contributed by atoms with van der Waals surface area (Å²) < 4.78 is 16.0. The monoisotopic (exact) mass is 334 g/mol. The van der Waals surface area contributed by atoms with Gasteiger partial charge in [0.05, 0.1) is 12.5 Å². The Morgan fingerprint density at radius 3 is 2.56 bits per heavy atom. The second kappa shape index (κ2) is 5.94. The van der Waals surface area contributed by atoms with Crippen molar-refractivity contribution in [1.29, 1.82) is 0 Å². The summed E-state index contributed by atoms with van der Waals surface area (Å²) >= 11 is 0. The van der Waals surface area contributed by atoms with Gasteiger partial charge in [-0.3, -0.25) is 0 Å². The number of ether oxygens (including phenoxy) is 1. The molecule has 2 heterocycles. The molecule has 0 spiro atoms. The molecule has 2 aromatic carbocycles. The maximum atomic E-state index is 12.4. The Morgan fingerprint density at radius 1 is 0.880 bits per heavy atom. The maximum absolute atomic E-state index is 12.4. The van der Waals surface area contributed by atoms with Crippen LogP contribution in [0.25, 0.3) is 21.9 Å². The van der Waals surface area contributed by atoms with Crippen LogP contribution < -0.4 is 16.0 Å². The third kappa shape index (κ3) is 2.70. The summed E-state index contributed by atoms with van der Waals surface area (Å²) in [5, 5.41) is 0.860. The first-order valence-electron chi connectivity index (χ1n) is 7.77. The maximum Gasteiger partial charge on any atom is 0.347 e. The summed E-state index contributed by atoms with van der Waals surface area (Å²) in [5.74, 6) is 0.702. The zero-order chi connectivity index (χ0) is 17.4. The van der Waals surface area contributed by atoms with Crippen molar-refractivity contribution >= 4 is 21.9 Å². The Morgan fingerprint density at radius 2 is 1.72 bits per heavy atom. The molecule has 4 rings (SSSR count). The number of hydrogen-bond acceptors (Lipinski definition) is 5. The van der Waals surface area contributed by atoms with Gasteiger partial charge in [0.1, 0.15) is 16.7 Å². The summed E-state index contributed by atoms with van der Waals surface area (Å²) in [4.78, 5) is 24.7. The molecule has 0 N–H and O–H groups in total. The fourth-order valence-electron chi connectivity index (χ4n) is 2.89. The minimum absolute atomic E-state index is 0.256. The summed E-state index contributed by atoms with van der Waals surface area (Å²) in [7, 11) is 1.58. The van der Waals surface area contributed by atoms with Gasteiger partial charge in [-0.05, 0) is 35.9 Å². The number of rotatable bonds is 3. The lowest BCUT2D eigenvalue weighted by Gasteiger charge is -2.06. The van der Waals surface area contributed by atoms with Gasteiger partial charge in [0.15, 0.2) is 5.58 Å². The van der Waals surface area contributed by atoms with E-state index in [0.29, 0.717) is 28.7 Å². The second-order valence-electron chi connectivity index (χ2n) is 5.72. The molecule has 25 heavy (non-hydrogen) atoms. The highest BCUT2D eigenvalue weighted by Gasteiger charge is 2.13. The number of benzene rings is 2. The molecule has 2 aromatic heterocycles. The van der Waals surface area contributed by atoms with E-state index in [1.54, 1.807) is 37.4 Å². The number of methoxy groups -OCH3 is 1. The minimum Gasteiger partial charge on any atom is -0.497 e. The molecule has 5 nitrogen and oxygen atoms in total. The minimum atomic E-state index is -0.524. The van der Waals surface area contributed by atoms with E-state index in [9.17, 15) is 9.59 Å². The predicted octanol–water partition coefficient (Wildman–Crippen LogP) is 3.50. The molecule has 0 unspecified atom stereocenters. The van der Waals surface area contributed by atoms with Gasteiger partial charge < -0.3 is 13.6 Å². The molecule has 0 aliphatic carbocycles. The number of hydrogen-bond donors (Lipinski definition) is 0. The second-order valence-corrected chi connectivity index (χ2v) is 5.72. The van der Waals surface area contributed by atoms with Crippen LogP contribution in [0, 0.1) is 0 Å². The van der Waals surface area contributed by atoms with Crippen LogP contribution in [0.15, 0.2) is 73.0 Å². The van der Waals surface area contributed by atoms with E-state index < -0.39 is 11.3 Å². The van der Waals surface area contributed by atoms with Crippen molar-refractivity contribution in [2.24, 2.45) is 0 Å². The molecule has 0 aliphatic heterocycles. The smallest absolute Gasteiger partial charge is 0.347 e. The number of para-hydroxylation sites is 1. The van der Waals surface area contributed by atoms with Crippen LogP contribution >= 0.6 is 0 Å². The molecule has 5 heteroatoms. The van der Waals surface area contributed by atoms with E-state index >= 15 is 0 Å². The van der Waals surface area contributed by atoms with Crippen molar-refractivity contribution in [3.63, 3.8) is 0 Å². The van der Waals surface area contributed by atoms with E-state index in [4.69, 9.17) is 13.6 Å². The normalized spacial score (nSPS) is 11.1. The largest absolute Gasteiger partial charge is 0.497 e. The van der Waals surface area contributed by atoms with Crippen LogP contribution in [-0.2, 0) is 6.42 Å². The van der Waals surface area contributed by atoms with Gasteiger partial charge in [-0.2, -0.15) is 0 Å². The van der Waals surface area contributed by atoms with E-state index in [-0.39, 0.29) is 11.0 Å². The summed E-state index contributed by atoms with van der Waals surface area (Å²) in [6, 6.07) is 15.9. The Bertz CT molecular complexity index is 1200. The van der Waals surface area contributed by atoms with Crippen molar-refractivity contribution in [2.45, 2.75) is 6.42 Å². The molecule has 0 amide bonds. The molecular formula is C20H14O5. The predicted molar refractivity (Wildman–Crippen MR) is 94.3 cm³/mol. The van der Waals surface area contributed by atoms with Gasteiger partial charge in [0, 0.05) is 12.0 Å². The van der Waals surface area contributed by atoms with E-state index in [1.165, 1.54) is 0 Å². The van der Waals surface area contributed by atoms with Gasteiger partial charge >= 0.3 is 11.3 Å². The van der Waals surface area contributed by atoms with Gasteiger partial charge in [-0.15, -0.1) is 0 Å². The average molecular weight is 334 g/mol. The third-order valence-electron chi connectivity index (χ3n) is 4.10. The molecule has 0 radical (unpaired) electrons. The molecule has 0 atom stereocenters. The zero-order valence-corrected chi connectivity index (χ0v) is 13.4. The van der Waals surface area contributed by atoms with Crippen molar-refractivity contribution in [3.05, 3.63) is 86.6 Å². The number of fused-ring (bicyclic) bond motifs is 3. The van der Waals surface area contributed by atoms with E-state index in [2.05, 4.69) is 0 Å². The molecule has 0 bridgehead atoms. The van der Waals surface area contributed by atoms with Crippen molar-refractivity contribution in [2.75, 3.05) is 7.11 Å². The molecular weight excluding hydrogens is 320 g/mol. The van der Waals surface area contributed by atoms with Crippen LogP contribution in [-0.4, -0.2) is 7.11 Å². The van der Waals surface area contributed by atoms with Gasteiger partial charge in [0.25, 0.3) is 0 Å². The quantitative estimate of drug-likeness (QED) is 0.424. The lowest BCUT2D eigenvalue weighted by atomic mass is 10.0. The van der Waals surface area contributed by atoms with Crippen molar-refractivity contribution < 1.29 is 13.6 Å². The average Bonchev–Trinajstić information content (AvgIpc) is 2.63. The highest BCUT2D eigenvalue weighted by molar-refractivity contribution is 6.00. The first kappa shape index (κ1) is 15.2. The van der Waals surface area contributed by atoms with Crippen LogP contribution in [0.2, 0.25) is 0 Å². The van der Waals surface area contributed by atoms with Crippen LogP contribution in [0.3, 0.4) is 0 Å². The molecule has 0 aliphatic rings. The third-order valence-corrected chi connectivity index (χ3v) is 4.10. The highest BCUT2D eigenvalue weighted by atomic mass is 16.5. The van der Waals surface area contributed by atoms with Crippen molar-refractivity contribution in [1.82, 2.24) is 0 Å². The molecule has 0 saturated heterocycles. The topological polar surface area (TPSA) is 69.7 Å². The summed E-state index contributed by atoms with van der Waals surface area (Å²) in [5.41, 5.74) is 0.935. The molecule has 0 saturated carbocycles. The Labute approximate surface area is 142 Å². The fourth-order valence-corrected chi connectivity index (χ4v) is 2.89. The van der Waals surface area contributed by atoms with Gasteiger partial charge in [-0.1, -0.05) is 24.3 Å². The van der Waals surface area contributed by atoms with Crippen LogP contribution in [0.5, 0.6) is 5.75 Å². The SMILES string of the molecule is COc1cccc(Cc2cc3c(=O)oc4ccccc4c3oc2=O)c1. The Kier molecular flexibility index (Phi) is 3.61. The lowest BCUT2D eigenvalue weighted by molar-refractivity contribution is 0.414. The fraction of sp³-hybridized carbons (Fsp3) is 0.100. The first-order chi connectivity index (χ1) is 12.2. The lowest BCUT2D eigenvalue weighted by Crippen LogP contribution is -2.11. The zero-order valence-electron chi connectivity index (χ0n) is 13.4. The standard InChI is InChI=1S/C20H14O5/c1-23-14-6-4-5-12(10-14)9-13-11-16-18(25-19(13)21)15-7-2-3-8-17(15)24-20(16)22/h2-8,10-11H,9H2,1H3. The molecule has 4 aromatic rings. The highest BCUT2D eigenvalue weighted by Crippen LogP contribution is 2.23. The van der Waals surface area contributed by atoms with Gasteiger partial charge in [0.2, 0.25) is 0 Å². The van der Waals surface area contributed by atoms with Crippen LogP contribution in [0.4, 0.5) is 0 Å². The van der Waals surface area contributed by atoms with Gasteiger partial charge in [-0.25, -0.2) is 9.59 Å². The summed E-state index contributed by atoms with van der Waals surface area (Å²) in [6.45, 7) is 0. The van der Waals surface area contributed by atoms with Crippen LogP contribution in [0.1, 0.15) is 11.1 Å². The van der Waals surface area contributed by atoms with E-state index in [1.807, 2.05) is 24.3 Å². The summed E-state index contributed by atoms with van der Waals surface area (Å²) in [6.07, 6.45) is 0.335. The molecule has 124 valence electrons. The Hall–Kier alpha value is -3.34. The molecule has 0 fully saturated rings. The Balaban J connectivity index is 1.90. The first-order valence-corrected chi connectivity index (χ1v) is 7.77. The van der Waals surface area contributed by atoms with E-state index in [0.717, 1.165) is 5.56 Å².